The zero-order valence-electron chi connectivity index (χ0n) is 5.67. The van der Waals surface area contributed by atoms with Crippen LogP contribution in [0.3, 0.4) is 0 Å². The van der Waals surface area contributed by atoms with Gasteiger partial charge in [0.2, 0.25) is 0 Å². The average molecular weight is 196 g/mol. The van der Waals surface area contributed by atoms with Gasteiger partial charge in [-0.1, -0.05) is 11.6 Å². The van der Waals surface area contributed by atoms with Gasteiger partial charge in [0.05, 0.1) is 6.20 Å². The molecular weight excluding hydrogens is 192 g/mol. The number of nitrogen functional groups attached to an aromatic ring is 1. The van der Waals surface area contributed by atoms with E-state index in [1.807, 2.05) is 0 Å². The molecule has 0 aliphatic heterocycles. The van der Waals surface area contributed by atoms with Crippen molar-refractivity contribution in [3.63, 3.8) is 0 Å². The number of hydrogen-bond acceptors (Lipinski definition) is 4. The maximum atomic E-state index is 11.6. The third-order valence-electron chi connectivity index (χ3n) is 0.935. The number of halogens is 3. The molecule has 0 aliphatic rings. The Morgan fingerprint density at radius 3 is 2.75 bits per heavy atom. The van der Waals surface area contributed by atoms with Crippen molar-refractivity contribution in [1.29, 1.82) is 0 Å². The lowest BCUT2D eigenvalue weighted by Gasteiger charge is -2.04. The maximum absolute atomic E-state index is 11.6. The van der Waals surface area contributed by atoms with E-state index in [4.69, 9.17) is 17.3 Å². The van der Waals surface area contributed by atoms with Crippen molar-refractivity contribution in [2.75, 3.05) is 5.73 Å². The number of hydrogen-bond donors (Lipinski definition) is 1. The Morgan fingerprint density at radius 1 is 1.58 bits per heavy atom. The molecule has 4 nitrogen and oxygen atoms in total. The normalized spacial score (nSPS) is 10.3. The molecule has 0 fully saturated rings. The van der Waals surface area contributed by atoms with E-state index >= 15 is 0 Å². The fourth-order valence-electron chi connectivity index (χ4n) is 0.545. The first-order valence-electron chi connectivity index (χ1n) is 2.82. The van der Waals surface area contributed by atoms with E-state index in [-0.39, 0.29) is 11.0 Å². The van der Waals surface area contributed by atoms with Gasteiger partial charge >= 0.3 is 6.61 Å². The third-order valence-corrected chi connectivity index (χ3v) is 1.12. The van der Waals surface area contributed by atoms with Gasteiger partial charge in [-0.2, -0.15) is 8.78 Å². The summed E-state index contributed by atoms with van der Waals surface area (Å²) < 4.78 is 27.2. The van der Waals surface area contributed by atoms with Crippen LogP contribution in [0.25, 0.3) is 0 Å². The van der Waals surface area contributed by atoms with Crippen molar-refractivity contribution in [2.24, 2.45) is 0 Å². The Morgan fingerprint density at radius 2 is 2.25 bits per heavy atom. The van der Waals surface area contributed by atoms with Crippen molar-refractivity contribution >= 4 is 17.4 Å². The predicted octanol–water partition coefficient (Wildman–Crippen LogP) is 1.31. The molecule has 12 heavy (non-hydrogen) atoms. The van der Waals surface area contributed by atoms with Crippen LogP contribution in [0.15, 0.2) is 6.20 Å². The van der Waals surface area contributed by atoms with E-state index in [0.29, 0.717) is 0 Å². The van der Waals surface area contributed by atoms with Crippen molar-refractivity contribution in [3.05, 3.63) is 11.3 Å². The lowest BCUT2D eigenvalue weighted by Crippen LogP contribution is -2.07. The minimum absolute atomic E-state index is 0.0223. The van der Waals surface area contributed by atoms with Gasteiger partial charge in [-0.25, -0.2) is 9.97 Å². The molecule has 1 rings (SSSR count). The van der Waals surface area contributed by atoms with Gasteiger partial charge in [0.15, 0.2) is 5.82 Å². The van der Waals surface area contributed by atoms with E-state index < -0.39 is 12.5 Å². The van der Waals surface area contributed by atoms with Gasteiger partial charge in [0, 0.05) is 0 Å². The number of nitrogens with two attached hydrogens (primary N) is 1. The fourth-order valence-corrected chi connectivity index (χ4v) is 0.685. The Kier molecular flexibility index (Phi) is 2.59. The summed E-state index contributed by atoms with van der Waals surface area (Å²) in [5, 5.41) is 0.0223. The molecule has 1 aromatic rings. The fraction of sp³-hybridized carbons (Fsp3) is 0.200. The van der Waals surface area contributed by atoms with Crippen LogP contribution >= 0.6 is 11.6 Å². The lowest BCUT2D eigenvalue weighted by molar-refractivity contribution is -0.0525. The maximum Gasteiger partial charge on any atom is 0.388 e. The van der Waals surface area contributed by atoms with Crippen molar-refractivity contribution in [3.8, 4) is 5.88 Å². The molecular formula is C5H4ClF2N3O. The summed E-state index contributed by atoms with van der Waals surface area (Å²) in [5.74, 6) is -0.683. The largest absolute Gasteiger partial charge is 0.413 e. The monoisotopic (exact) mass is 195 g/mol. The minimum atomic E-state index is -2.97. The number of anilines is 1. The second kappa shape index (κ2) is 3.48. The van der Waals surface area contributed by atoms with Crippen LogP contribution < -0.4 is 10.5 Å². The summed E-state index contributed by atoms with van der Waals surface area (Å²) >= 11 is 5.36. The molecule has 0 aromatic carbocycles. The molecule has 0 saturated heterocycles. The van der Waals surface area contributed by atoms with Crippen LogP contribution in [0.1, 0.15) is 0 Å². The SMILES string of the molecule is Nc1nc(Cl)cnc1OC(F)F. The summed E-state index contributed by atoms with van der Waals surface area (Å²) in [5.41, 5.74) is 5.15. The molecule has 1 heterocycles. The Balaban J connectivity index is 2.86. The highest BCUT2D eigenvalue weighted by Crippen LogP contribution is 2.18. The number of rotatable bonds is 2. The van der Waals surface area contributed by atoms with Crippen LogP contribution in [0.5, 0.6) is 5.88 Å². The second-order valence-electron chi connectivity index (χ2n) is 1.76. The molecule has 66 valence electrons. The molecule has 7 heteroatoms. The van der Waals surface area contributed by atoms with Crippen LogP contribution in [0.4, 0.5) is 14.6 Å². The molecule has 0 unspecified atom stereocenters. The van der Waals surface area contributed by atoms with Crippen molar-refractivity contribution in [1.82, 2.24) is 9.97 Å². The Labute approximate surface area is 71.3 Å². The summed E-state index contributed by atoms with van der Waals surface area (Å²) in [6.07, 6.45) is 1.07. The average Bonchev–Trinajstić information content (AvgIpc) is 1.94. The van der Waals surface area contributed by atoms with Crippen LogP contribution in [0, 0.1) is 0 Å². The zero-order valence-corrected chi connectivity index (χ0v) is 6.42. The van der Waals surface area contributed by atoms with Crippen LogP contribution in [-0.2, 0) is 0 Å². The molecule has 2 N–H and O–H groups in total. The zero-order chi connectivity index (χ0) is 9.14. The standard InChI is InChI=1S/C5H4ClF2N3O/c6-2-1-10-4(3(9)11-2)12-5(7)8/h1,5H,(H2,9,11). The summed E-state index contributed by atoms with van der Waals surface area (Å²) in [6.45, 7) is -2.97. The topological polar surface area (TPSA) is 61.0 Å². The highest BCUT2D eigenvalue weighted by Gasteiger charge is 2.10. The first-order chi connectivity index (χ1) is 5.59. The summed E-state index contributed by atoms with van der Waals surface area (Å²) in [6, 6.07) is 0. The van der Waals surface area contributed by atoms with Gasteiger partial charge < -0.3 is 10.5 Å². The molecule has 1 aromatic heterocycles. The smallest absolute Gasteiger partial charge is 0.388 e. The van der Waals surface area contributed by atoms with Gasteiger partial charge in [-0.05, 0) is 0 Å². The minimum Gasteiger partial charge on any atom is -0.413 e. The van der Waals surface area contributed by atoms with Crippen molar-refractivity contribution in [2.45, 2.75) is 6.61 Å². The number of alkyl halides is 2. The Bertz CT molecular complexity index is 283. The highest BCUT2D eigenvalue weighted by atomic mass is 35.5. The van der Waals surface area contributed by atoms with Gasteiger partial charge in [-0.15, -0.1) is 0 Å². The van der Waals surface area contributed by atoms with Gasteiger partial charge in [-0.3, -0.25) is 0 Å². The summed E-state index contributed by atoms with van der Waals surface area (Å²) in [4.78, 5) is 6.85. The van der Waals surface area contributed by atoms with E-state index in [0.717, 1.165) is 6.20 Å². The molecule has 0 aliphatic carbocycles. The lowest BCUT2D eigenvalue weighted by atomic mass is 10.6. The van der Waals surface area contributed by atoms with Gasteiger partial charge in [0.25, 0.3) is 5.88 Å². The second-order valence-corrected chi connectivity index (χ2v) is 2.15. The number of aromatic nitrogens is 2. The summed E-state index contributed by atoms with van der Waals surface area (Å²) in [7, 11) is 0. The molecule has 0 atom stereocenters. The highest BCUT2D eigenvalue weighted by molar-refractivity contribution is 6.29. The van der Waals surface area contributed by atoms with E-state index in [2.05, 4.69) is 14.7 Å². The quantitative estimate of drug-likeness (QED) is 0.773. The van der Waals surface area contributed by atoms with Gasteiger partial charge in [0.1, 0.15) is 5.15 Å². The molecule has 0 amide bonds. The molecule has 0 spiro atoms. The van der Waals surface area contributed by atoms with Crippen molar-refractivity contribution < 1.29 is 13.5 Å². The number of nitrogens with zero attached hydrogens (tertiary/aromatic N) is 2. The molecule has 0 saturated carbocycles. The molecule has 0 bridgehead atoms. The number of ether oxygens (including phenoxy) is 1. The van der Waals surface area contributed by atoms with E-state index in [1.54, 1.807) is 0 Å². The molecule has 0 radical (unpaired) electrons. The predicted molar refractivity (Wildman–Crippen MR) is 38.1 cm³/mol. The first-order valence-corrected chi connectivity index (χ1v) is 3.20. The van der Waals surface area contributed by atoms with E-state index in [9.17, 15) is 8.78 Å². The van der Waals surface area contributed by atoms with Crippen LogP contribution in [-0.4, -0.2) is 16.6 Å². The Hall–Kier alpha value is -1.17. The third kappa shape index (κ3) is 2.16. The van der Waals surface area contributed by atoms with Crippen LogP contribution in [0.2, 0.25) is 5.15 Å². The van der Waals surface area contributed by atoms with E-state index in [1.165, 1.54) is 0 Å². The first kappa shape index (κ1) is 8.92.